The number of ketones is 1. The summed E-state index contributed by atoms with van der Waals surface area (Å²) >= 11 is 0. The summed E-state index contributed by atoms with van der Waals surface area (Å²) in [5.41, 5.74) is -0.677. The molecule has 0 bridgehead atoms. The fourth-order valence-corrected chi connectivity index (χ4v) is 1.73. The van der Waals surface area contributed by atoms with E-state index in [1.54, 1.807) is 12.2 Å². The van der Waals surface area contributed by atoms with Crippen LogP contribution in [-0.2, 0) is 4.79 Å². The van der Waals surface area contributed by atoms with Gasteiger partial charge in [0.15, 0.2) is 5.78 Å². The molecule has 2 nitrogen and oxygen atoms in total. The van der Waals surface area contributed by atoms with Crippen LogP contribution >= 0.6 is 0 Å². The number of aliphatic hydroxyl groups is 1. The SMILES string of the molecule is CCCC(=O)/C=C/C1(O)CCCC1. The predicted octanol–water partition coefficient (Wildman–Crippen LogP) is 2.22. The van der Waals surface area contributed by atoms with E-state index in [1.165, 1.54) is 0 Å². The molecule has 1 aliphatic rings. The maximum atomic E-state index is 11.1. The highest BCUT2D eigenvalue weighted by atomic mass is 16.3. The Morgan fingerprint density at radius 1 is 1.46 bits per heavy atom. The van der Waals surface area contributed by atoms with Crippen molar-refractivity contribution < 1.29 is 9.90 Å². The Morgan fingerprint density at radius 3 is 2.62 bits per heavy atom. The van der Waals surface area contributed by atoms with Crippen LogP contribution in [0, 0.1) is 0 Å². The van der Waals surface area contributed by atoms with Crippen LogP contribution in [0.5, 0.6) is 0 Å². The minimum absolute atomic E-state index is 0.128. The van der Waals surface area contributed by atoms with E-state index in [1.807, 2.05) is 6.92 Å². The number of rotatable bonds is 4. The lowest BCUT2D eigenvalue weighted by molar-refractivity contribution is -0.114. The van der Waals surface area contributed by atoms with Crippen LogP contribution in [0.2, 0.25) is 0 Å². The van der Waals surface area contributed by atoms with E-state index in [9.17, 15) is 9.90 Å². The van der Waals surface area contributed by atoms with Gasteiger partial charge in [-0.3, -0.25) is 4.79 Å². The van der Waals surface area contributed by atoms with Crippen molar-refractivity contribution in [2.45, 2.75) is 51.0 Å². The van der Waals surface area contributed by atoms with E-state index in [2.05, 4.69) is 0 Å². The molecule has 0 aromatic heterocycles. The average molecular weight is 182 g/mol. The van der Waals surface area contributed by atoms with E-state index in [0.29, 0.717) is 6.42 Å². The minimum atomic E-state index is -0.677. The van der Waals surface area contributed by atoms with Crippen LogP contribution in [-0.4, -0.2) is 16.5 Å². The van der Waals surface area contributed by atoms with Gasteiger partial charge < -0.3 is 5.11 Å². The molecule has 0 amide bonds. The molecule has 1 fully saturated rings. The lowest BCUT2D eigenvalue weighted by Gasteiger charge is -2.15. The summed E-state index contributed by atoms with van der Waals surface area (Å²) in [6.07, 6.45) is 8.47. The Bertz CT molecular complexity index is 200. The van der Waals surface area contributed by atoms with Crippen LogP contribution in [0.25, 0.3) is 0 Å². The van der Waals surface area contributed by atoms with E-state index >= 15 is 0 Å². The maximum absolute atomic E-state index is 11.1. The fraction of sp³-hybridized carbons (Fsp3) is 0.727. The summed E-state index contributed by atoms with van der Waals surface area (Å²) < 4.78 is 0. The third kappa shape index (κ3) is 3.31. The van der Waals surface area contributed by atoms with Gasteiger partial charge in [-0.15, -0.1) is 0 Å². The molecule has 0 heterocycles. The molecule has 1 N–H and O–H groups in total. The quantitative estimate of drug-likeness (QED) is 0.677. The highest BCUT2D eigenvalue weighted by Crippen LogP contribution is 2.30. The summed E-state index contributed by atoms with van der Waals surface area (Å²) in [5.74, 6) is 0.128. The van der Waals surface area contributed by atoms with Crippen LogP contribution in [0.15, 0.2) is 12.2 Å². The minimum Gasteiger partial charge on any atom is -0.386 e. The summed E-state index contributed by atoms with van der Waals surface area (Å²) in [6.45, 7) is 1.98. The number of carbonyl (C=O) groups excluding carboxylic acids is 1. The van der Waals surface area contributed by atoms with Crippen molar-refractivity contribution in [3.8, 4) is 0 Å². The van der Waals surface area contributed by atoms with Crippen molar-refractivity contribution in [3.05, 3.63) is 12.2 Å². The fourth-order valence-electron chi connectivity index (χ4n) is 1.73. The second-order valence-electron chi connectivity index (χ2n) is 3.86. The zero-order valence-electron chi connectivity index (χ0n) is 8.25. The molecule has 0 unspecified atom stereocenters. The van der Waals surface area contributed by atoms with Crippen LogP contribution in [0.4, 0.5) is 0 Å². The van der Waals surface area contributed by atoms with Crippen molar-refractivity contribution in [1.82, 2.24) is 0 Å². The predicted molar refractivity (Wildman–Crippen MR) is 52.5 cm³/mol. The molecule has 0 aromatic carbocycles. The first kappa shape index (κ1) is 10.5. The monoisotopic (exact) mass is 182 g/mol. The second kappa shape index (κ2) is 4.56. The van der Waals surface area contributed by atoms with Crippen LogP contribution < -0.4 is 0 Å². The molecule has 0 aromatic rings. The van der Waals surface area contributed by atoms with Crippen molar-refractivity contribution in [2.24, 2.45) is 0 Å². The van der Waals surface area contributed by atoms with Crippen LogP contribution in [0.1, 0.15) is 45.4 Å². The standard InChI is InChI=1S/C11H18O2/c1-2-5-10(12)6-9-11(13)7-3-4-8-11/h6,9,13H,2-5,7-8H2,1H3/b9-6+. The van der Waals surface area contributed by atoms with Crippen molar-refractivity contribution in [1.29, 1.82) is 0 Å². The van der Waals surface area contributed by atoms with Crippen LogP contribution in [0.3, 0.4) is 0 Å². The molecule has 0 saturated heterocycles. The number of hydrogen-bond donors (Lipinski definition) is 1. The Labute approximate surface area is 79.6 Å². The molecule has 74 valence electrons. The Kier molecular flexibility index (Phi) is 3.67. The highest BCUT2D eigenvalue weighted by Gasteiger charge is 2.27. The Morgan fingerprint density at radius 2 is 2.08 bits per heavy atom. The number of hydrogen-bond acceptors (Lipinski definition) is 2. The molecule has 13 heavy (non-hydrogen) atoms. The van der Waals surface area contributed by atoms with Gasteiger partial charge in [0, 0.05) is 6.42 Å². The lowest BCUT2D eigenvalue weighted by Crippen LogP contribution is -2.20. The number of allylic oxidation sites excluding steroid dienone is 1. The van der Waals surface area contributed by atoms with E-state index in [-0.39, 0.29) is 5.78 Å². The Balaban J connectivity index is 2.41. The summed E-state index contributed by atoms with van der Waals surface area (Å²) in [6, 6.07) is 0. The summed E-state index contributed by atoms with van der Waals surface area (Å²) in [5, 5.41) is 9.87. The Hall–Kier alpha value is -0.630. The molecule has 0 radical (unpaired) electrons. The van der Waals surface area contributed by atoms with Gasteiger partial charge in [0.05, 0.1) is 5.60 Å². The highest BCUT2D eigenvalue weighted by molar-refractivity contribution is 5.89. The molecule has 1 saturated carbocycles. The molecule has 2 heteroatoms. The third-order valence-corrected chi connectivity index (χ3v) is 2.55. The molecular weight excluding hydrogens is 164 g/mol. The van der Waals surface area contributed by atoms with Gasteiger partial charge in [0.25, 0.3) is 0 Å². The van der Waals surface area contributed by atoms with Gasteiger partial charge in [-0.25, -0.2) is 0 Å². The lowest BCUT2D eigenvalue weighted by atomic mass is 10.0. The van der Waals surface area contributed by atoms with E-state index in [4.69, 9.17) is 0 Å². The van der Waals surface area contributed by atoms with E-state index < -0.39 is 5.60 Å². The van der Waals surface area contributed by atoms with Gasteiger partial charge in [0.1, 0.15) is 0 Å². The van der Waals surface area contributed by atoms with Gasteiger partial charge in [-0.05, 0) is 31.4 Å². The maximum Gasteiger partial charge on any atom is 0.155 e. The first-order valence-electron chi connectivity index (χ1n) is 5.11. The zero-order valence-corrected chi connectivity index (χ0v) is 8.25. The molecule has 0 aliphatic heterocycles. The second-order valence-corrected chi connectivity index (χ2v) is 3.86. The summed E-state index contributed by atoms with van der Waals surface area (Å²) in [7, 11) is 0. The van der Waals surface area contributed by atoms with Crippen molar-refractivity contribution in [2.75, 3.05) is 0 Å². The average Bonchev–Trinajstić information content (AvgIpc) is 2.51. The topological polar surface area (TPSA) is 37.3 Å². The first-order chi connectivity index (χ1) is 6.16. The molecule has 1 aliphatic carbocycles. The van der Waals surface area contributed by atoms with Gasteiger partial charge >= 0.3 is 0 Å². The van der Waals surface area contributed by atoms with Gasteiger partial charge in [-0.1, -0.05) is 19.8 Å². The smallest absolute Gasteiger partial charge is 0.155 e. The summed E-state index contributed by atoms with van der Waals surface area (Å²) in [4.78, 5) is 11.1. The molecule has 0 atom stereocenters. The van der Waals surface area contributed by atoms with Crippen molar-refractivity contribution in [3.63, 3.8) is 0 Å². The molecule has 1 rings (SSSR count). The van der Waals surface area contributed by atoms with Gasteiger partial charge in [0.2, 0.25) is 0 Å². The normalized spacial score (nSPS) is 21.1. The van der Waals surface area contributed by atoms with Crippen molar-refractivity contribution >= 4 is 5.78 Å². The number of carbonyl (C=O) groups is 1. The molecular formula is C11H18O2. The first-order valence-corrected chi connectivity index (χ1v) is 5.11. The largest absolute Gasteiger partial charge is 0.386 e. The third-order valence-electron chi connectivity index (χ3n) is 2.55. The molecule has 0 spiro atoms. The zero-order chi connectivity index (χ0) is 9.73. The van der Waals surface area contributed by atoms with E-state index in [0.717, 1.165) is 32.1 Å². The van der Waals surface area contributed by atoms with Gasteiger partial charge in [-0.2, -0.15) is 0 Å².